The minimum atomic E-state index is -1.17. The maximum Gasteiger partial charge on any atom is 0.275 e. The SMILES string of the molecule is C=CC(=O)C[C@H](O)c1ccccc1[N+](=O)[O-]. The molecule has 0 bridgehead atoms. The van der Waals surface area contributed by atoms with Gasteiger partial charge in [0.05, 0.1) is 16.6 Å². The summed E-state index contributed by atoms with van der Waals surface area (Å²) in [4.78, 5) is 21.1. The highest BCUT2D eigenvalue weighted by molar-refractivity contribution is 5.89. The Hall–Kier alpha value is -2.01. The average molecular weight is 221 g/mol. The van der Waals surface area contributed by atoms with Crippen molar-refractivity contribution >= 4 is 11.5 Å². The molecule has 0 radical (unpaired) electrons. The lowest BCUT2D eigenvalue weighted by molar-refractivity contribution is -0.386. The van der Waals surface area contributed by atoms with Crippen LogP contribution >= 0.6 is 0 Å². The molecule has 0 aliphatic carbocycles. The summed E-state index contributed by atoms with van der Waals surface area (Å²) in [6.45, 7) is 3.27. The summed E-state index contributed by atoms with van der Waals surface area (Å²) in [7, 11) is 0. The topological polar surface area (TPSA) is 80.4 Å². The fourth-order valence-electron chi connectivity index (χ4n) is 1.32. The van der Waals surface area contributed by atoms with E-state index in [9.17, 15) is 20.0 Å². The van der Waals surface area contributed by atoms with Crippen molar-refractivity contribution in [3.8, 4) is 0 Å². The van der Waals surface area contributed by atoms with Crippen LogP contribution in [0.3, 0.4) is 0 Å². The molecule has 1 atom stereocenters. The maximum atomic E-state index is 11.0. The Morgan fingerprint density at radius 1 is 1.56 bits per heavy atom. The van der Waals surface area contributed by atoms with Gasteiger partial charge in [-0.15, -0.1) is 0 Å². The summed E-state index contributed by atoms with van der Waals surface area (Å²) in [6, 6.07) is 5.80. The molecule has 0 saturated heterocycles. The number of aliphatic hydroxyl groups is 1. The molecule has 16 heavy (non-hydrogen) atoms. The third-order valence-corrected chi connectivity index (χ3v) is 2.11. The van der Waals surface area contributed by atoms with E-state index in [1.165, 1.54) is 18.2 Å². The van der Waals surface area contributed by atoms with Gasteiger partial charge >= 0.3 is 0 Å². The molecule has 0 fully saturated rings. The number of nitrogens with zero attached hydrogens (tertiary/aromatic N) is 1. The molecule has 0 aliphatic rings. The summed E-state index contributed by atoms with van der Waals surface area (Å²) in [6.07, 6.45) is -0.293. The summed E-state index contributed by atoms with van der Waals surface area (Å²) >= 11 is 0. The molecule has 1 N–H and O–H groups in total. The molecule has 0 aliphatic heterocycles. The zero-order chi connectivity index (χ0) is 12.1. The first-order chi connectivity index (χ1) is 7.56. The van der Waals surface area contributed by atoms with Gasteiger partial charge in [0.15, 0.2) is 5.78 Å². The summed E-state index contributed by atoms with van der Waals surface area (Å²) < 4.78 is 0. The fraction of sp³-hybridized carbons (Fsp3) is 0.182. The molecule has 5 nitrogen and oxygen atoms in total. The zero-order valence-corrected chi connectivity index (χ0v) is 8.50. The van der Waals surface area contributed by atoms with Gasteiger partial charge in [-0.2, -0.15) is 0 Å². The number of hydrogen-bond donors (Lipinski definition) is 1. The third-order valence-electron chi connectivity index (χ3n) is 2.11. The molecular weight excluding hydrogens is 210 g/mol. The van der Waals surface area contributed by atoms with Gasteiger partial charge in [0.1, 0.15) is 0 Å². The Labute approximate surface area is 92.2 Å². The van der Waals surface area contributed by atoms with Crippen molar-refractivity contribution in [1.29, 1.82) is 0 Å². The molecule has 0 unspecified atom stereocenters. The minimum absolute atomic E-state index is 0.141. The largest absolute Gasteiger partial charge is 0.388 e. The van der Waals surface area contributed by atoms with Crippen LogP contribution in [0, 0.1) is 10.1 Å². The van der Waals surface area contributed by atoms with Crippen LogP contribution in [-0.2, 0) is 4.79 Å². The highest BCUT2D eigenvalue weighted by atomic mass is 16.6. The van der Waals surface area contributed by atoms with E-state index in [2.05, 4.69) is 6.58 Å². The van der Waals surface area contributed by atoms with Gasteiger partial charge in [0.2, 0.25) is 0 Å². The van der Waals surface area contributed by atoms with Gasteiger partial charge in [0, 0.05) is 12.5 Å². The molecule has 84 valence electrons. The Morgan fingerprint density at radius 3 is 2.75 bits per heavy atom. The number of rotatable bonds is 5. The molecule has 0 heterocycles. The number of aliphatic hydroxyl groups excluding tert-OH is 1. The van der Waals surface area contributed by atoms with Crippen LogP contribution in [0.2, 0.25) is 0 Å². The van der Waals surface area contributed by atoms with Crippen molar-refractivity contribution in [2.45, 2.75) is 12.5 Å². The van der Waals surface area contributed by atoms with Crippen molar-refractivity contribution in [1.82, 2.24) is 0 Å². The average Bonchev–Trinajstić information content (AvgIpc) is 2.28. The van der Waals surface area contributed by atoms with E-state index >= 15 is 0 Å². The Kier molecular flexibility index (Phi) is 3.90. The lowest BCUT2D eigenvalue weighted by Crippen LogP contribution is -2.06. The number of carbonyl (C=O) groups is 1. The molecule has 0 aromatic heterocycles. The van der Waals surface area contributed by atoms with Crippen molar-refractivity contribution in [3.05, 3.63) is 52.6 Å². The molecule has 5 heteroatoms. The number of para-hydroxylation sites is 1. The van der Waals surface area contributed by atoms with Crippen molar-refractivity contribution < 1.29 is 14.8 Å². The van der Waals surface area contributed by atoms with Crippen LogP contribution in [0.25, 0.3) is 0 Å². The van der Waals surface area contributed by atoms with Crippen molar-refractivity contribution in [2.24, 2.45) is 0 Å². The monoisotopic (exact) mass is 221 g/mol. The fourth-order valence-corrected chi connectivity index (χ4v) is 1.32. The molecule has 1 rings (SSSR count). The van der Waals surface area contributed by atoms with E-state index in [1.807, 2.05) is 0 Å². The number of ketones is 1. The van der Waals surface area contributed by atoms with Crippen LogP contribution in [0.1, 0.15) is 18.1 Å². The van der Waals surface area contributed by atoms with Crippen LogP contribution in [0.5, 0.6) is 0 Å². The smallest absolute Gasteiger partial charge is 0.275 e. The number of nitro benzene ring substituents is 1. The molecule has 0 saturated carbocycles. The normalized spacial score (nSPS) is 11.8. The van der Waals surface area contributed by atoms with Crippen LogP contribution in [-0.4, -0.2) is 15.8 Å². The van der Waals surface area contributed by atoms with E-state index < -0.39 is 11.0 Å². The first kappa shape index (κ1) is 12.1. The summed E-state index contributed by atoms with van der Waals surface area (Å²) in [5, 5.41) is 20.3. The summed E-state index contributed by atoms with van der Waals surface area (Å²) in [5.41, 5.74) is -0.0467. The quantitative estimate of drug-likeness (QED) is 0.466. The number of hydrogen-bond acceptors (Lipinski definition) is 4. The van der Waals surface area contributed by atoms with Crippen molar-refractivity contribution in [3.63, 3.8) is 0 Å². The van der Waals surface area contributed by atoms with Gasteiger partial charge < -0.3 is 5.11 Å². The van der Waals surface area contributed by atoms with Crippen molar-refractivity contribution in [2.75, 3.05) is 0 Å². The molecule has 1 aromatic carbocycles. The highest BCUT2D eigenvalue weighted by Crippen LogP contribution is 2.26. The third kappa shape index (κ3) is 2.74. The Balaban J connectivity index is 2.98. The Bertz CT molecular complexity index is 428. The predicted molar refractivity (Wildman–Crippen MR) is 57.9 cm³/mol. The zero-order valence-electron chi connectivity index (χ0n) is 8.50. The number of nitro groups is 1. The predicted octanol–water partition coefficient (Wildman–Crippen LogP) is 1.77. The van der Waals surface area contributed by atoms with E-state index in [4.69, 9.17) is 0 Å². The van der Waals surface area contributed by atoms with Gasteiger partial charge in [-0.1, -0.05) is 18.7 Å². The number of allylic oxidation sites excluding steroid dienone is 1. The van der Waals surface area contributed by atoms with Crippen LogP contribution in [0.4, 0.5) is 5.69 Å². The number of benzene rings is 1. The second-order valence-corrected chi connectivity index (χ2v) is 3.21. The molecule has 0 amide bonds. The van der Waals surface area contributed by atoms with Crippen LogP contribution < -0.4 is 0 Å². The van der Waals surface area contributed by atoms with Gasteiger partial charge in [0.25, 0.3) is 5.69 Å². The van der Waals surface area contributed by atoms with E-state index in [1.54, 1.807) is 6.07 Å². The first-order valence-corrected chi connectivity index (χ1v) is 4.63. The second-order valence-electron chi connectivity index (χ2n) is 3.21. The maximum absolute atomic E-state index is 11.0. The van der Waals surface area contributed by atoms with Gasteiger partial charge in [-0.05, 0) is 12.1 Å². The van der Waals surface area contributed by atoms with Gasteiger partial charge in [-0.25, -0.2) is 0 Å². The first-order valence-electron chi connectivity index (χ1n) is 4.63. The van der Waals surface area contributed by atoms with E-state index in [-0.39, 0.29) is 23.5 Å². The lowest BCUT2D eigenvalue weighted by atomic mass is 10.0. The Morgan fingerprint density at radius 2 is 2.19 bits per heavy atom. The molecular formula is C11H11NO4. The van der Waals surface area contributed by atoms with Crippen LogP contribution in [0.15, 0.2) is 36.9 Å². The standard InChI is InChI=1S/C11H11NO4/c1-2-8(13)7-11(14)9-5-3-4-6-10(9)12(15)16/h2-6,11,14H,1,7H2/t11-/m0/s1. The van der Waals surface area contributed by atoms with E-state index in [0.717, 1.165) is 6.08 Å². The molecule has 1 aromatic rings. The highest BCUT2D eigenvalue weighted by Gasteiger charge is 2.20. The van der Waals surface area contributed by atoms with Gasteiger partial charge in [-0.3, -0.25) is 14.9 Å². The van der Waals surface area contributed by atoms with E-state index in [0.29, 0.717) is 0 Å². The lowest BCUT2D eigenvalue weighted by Gasteiger charge is -2.08. The number of carbonyl (C=O) groups excluding carboxylic acids is 1. The second kappa shape index (κ2) is 5.18. The molecule has 0 spiro atoms. The minimum Gasteiger partial charge on any atom is -0.388 e. The summed E-state index contributed by atoms with van der Waals surface area (Å²) in [5.74, 6) is -0.356.